The topological polar surface area (TPSA) is 67.2 Å². The maximum absolute atomic E-state index is 13.3. The molecule has 0 spiro atoms. The lowest BCUT2D eigenvalue weighted by molar-refractivity contribution is -0.138. The van der Waals surface area contributed by atoms with Crippen molar-refractivity contribution in [2.24, 2.45) is 5.92 Å². The lowest BCUT2D eigenvalue weighted by Crippen LogP contribution is -2.42. The summed E-state index contributed by atoms with van der Waals surface area (Å²) in [6, 6.07) is 9.94. The van der Waals surface area contributed by atoms with E-state index in [2.05, 4.69) is 46.9 Å². The first-order valence-corrected chi connectivity index (χ1v) is 12.9. The average Bonchev–Trinajstić information content (AvgIpc) is 3.21. The summed E-state index contributed by atoms with van der Waals surface area (Å²) in [4.78, 5) is 28.2. The van der Waals surface area contributed by atoms with Gasteiger partial charge in [0.15, 0.2) is 0 Å². The van der Waals surface area contributed by atoms with E-state index in [1.54, 1.807) is 4.90 Å². The van der Waals surface area contributed by atoms with Gasteiger partial charge in [-0.3, -0.25) is 9.59 Å². The van der Waals surface area contributed by atoms with Gasteiger partial charge in [0.05, 0.1) is 17.9 Å². The van der Waals surface area contributed by atoms with Gasteiger partial charge in [-0.2, -0.15) is 5.10 Å². The molecular formula is C28H44N4O2. The van der Waals surface area contributed by atoms with E-state index in [0.29, 0.717) is 12.4 Å². The zero-order valence-corrected chi connectivity index (χ0v) is 22.3. The van der Waals surface area contributed by atoms with Gasteiger partial charge < -0.3 is 10.2 Å². The second-order valence-electron chi connectivity index (χ2n) is 10.3. The number of para-hydroxylation sites is 1. The summed E-state index contributed by atoms with van der Waals surface area (Å²) in [6.45, 7) is 15.3. The van der Waals surface area contributed by atoms with Gasteiger partial charge in [0, 0.05) is 23.9 Å². The fourth-order valence-electron chi connectivity index (χ4n) is 4.00. The van der Waals surface area contributed by atoms with E-state index in [9.17, 15) is 9.59 Å². The van der Waals surface area contributed by atoms with Gasteiger partial charge in [-0.1, -0.05) is 79.0 Å². The molecule has 0 saturated carbocycles. The number of carbonyl (C=O) groups excluding carboxylic acids is 2. The Kier molecular flexibility index (Phi) is 10.3. The van der Waals surface area contributed by atoms with Crippen LogP contribution in [-0.4, -0.2) is 39.6 Å². The molecule has 0 aliphatic carbocycles. The van der Waals surface area contributed by atoms with E-state index in [4.69, 9.17) is 5.10 Å². The summed E-state index contributed by atoms with van der Waals surface area (Å²) in [6.07, 6.45) is 5.65. The van der Waals surface area contributed by atoms with Crippen molar-refractivity contribution in [3.05, 3.63) is 41.6 Å². The number of benzene rings is 1. The molecule has 0 aliphatic rings. The molecule has 1 atom stereocenters. The minimum absolute atomic E-state index is 0.0189. The van der Waals surface area contributed by atoms with Crippen LogP contribution in [0, 0.1) is 12.8 Å². The van der Waals surface area contributed by atoms with Crippen molar-refractivity contribution in [2.45, 2.75) is 92.4 Å². The second kappa shape index (κ2) is 12.7. The molecule has 2 rings (SSSR count). The number of hydrogen-bond donors (Lipinski definition) is 1. The van der Waals surface area contributed by atoms with Crippen LogP contribution in [0.15, 0.2) is 30.3 Å². The van der Waals surface area contributed by atoms with Crippen molar-refractivity contribution in [3.8, 4) is 5.69 Å². The normalized spacial score (nSPS) is 12.4. The number of nitrogens with zero attached hydrogens (tertiary/aromatic N) is 3. The van der Waals surface area contributed by atoms with E-state index < -0.39 is 0 Å². The van der Waals surface area contributed by atoms with Gasteiger partial charge in [-0.05, 0) is 37.8 Å². The fourth-order valence-corrected chi connectivity index (χ4v) is 4.00. The van der Waals surface area contributed by atoms with Gasteiger partial charge in [-0.25, -0.2) is 4.68 Å². The summed E-state index contributed by atoms with van der Waals surface area (Å²) in [7, 11) is 0. The Morgan fingerprint density at radius 1 is 1.09 bits per heavy atom. The first-order valence-electron chi connectivity index (χ1n) is 12.9. The second-order valence-corrected chi connectivity index (χ2v) is 10.3. The molecule has 6 heteroatoms. The zero-order valence-electron chi connectivity index (χ0n) is 22.3. The Bertz CT molecular complexity index is 942. The van der Waals surface area contributed by atoms with Crippen molar-refractivity contribution in [1.82, 2.24) is 14.7 Å². The molecule has 0 radical (unpaired) electrons. The van der Waals surface area contributed by atoms with E-state index in [1.807, 2.05) is 41.9 Å². The Morgan fingerprint density at radius 2 is 1.76 bits per heavy atom. The average molecular weight is 469 g/mol. The Morgan fingerprint density at radius 3 is 2.35 bits per heavy atom. The van der Waals surface area contributed by atoms with Crippen LogP contribution >= 0.6 is 0 Å². The highest BCUT2D eigenvalue weighted by Gasteiger charge is 2.26. The maximum Gasteiger partial charge on any atom is 0.245 e. The molecular weight excluding hydrogens is 424 g/mol. The fraction of sp³-hybridized carbons (Fsp3) is 0.607. The van der Waals surface area contributed by atoms with Crippen LogP contribution in [0.25, 0.3) is 5.69 Å². The van der Waals surface area contributed by atoms with E-state index in [-0.39, 0.29) is 29.7 Å². The molecule has 0 bridgehead atoms. The monoisotopic (exact) mass is 468 g/mol. The van der Waals surface area contributed by atoms with Crippen LogP contribution in [0.1, 0.15) is 91.3 Å². The van der Waals surface area contributed by atoms with E-state index >= 15 is 0 Å². The van der Waals surface area contributed by atoms with Crippen LogP contribution in [-0.2, 0) is 15.0 Å². The highest BCUT2D eigenvalue weighted by atomic mass is 16.2. The van der Waals surface area contributed by atoms with Crippen molar-refractivity contribution >= 4 is 17.6 Å². The van der Waals surface area contributed by atoms with E-state index in [0.717, 1.165) is 55.5 Å². The summed E-state index contributed by atoms with van der Waals surface area (Å²) in [5.41, 5.74) is 2.74. The predicted octanol–water partition coefficient (Wildman–Crippen LogP) is 6.26. The van der Waals surface area contributed by atoms with Crippen molar-refractivity contribution in [2.75, 3.05) is 18.4 Å². The van der Waals surface area contributed by atoms with Gasteiger partial charge in [-0.15, -0.1) is 0 Å². The van der Waals surface area contributed by atoms with Crippen molar-refractivity contribution in [1.29, 1.82) is 0 Å². The number of unbranched alkanes of at least 4 members (excludes halogenated alkanes) is 2. The first kappa shape index (κ1) is 27.6. The molecule has 34 heavy (non-hydrogen) atoms. The minimum Gasteiger partial charge on any atom is -0.333 e. The number of aryl methyl sites for hydroxylation is 1. The third-order valence-electron chi connectivity index (χ3n) is 6.26. The largest absolute Gasteiger partial charge is 0.333 e. The number of amides is 2. The standard InChI is InChI=1S/C28H44N4O2/c1-8-11-16-22(10-3)27(34)31(18-12-9-2)20-26(33)29-25-19-24(28(5,6)7)30-32(25)23-17-14-13-15-21(23)4/h13-15,17,19,22H,8-12,16,18,20H2,1-7H3,(H,29,33). The molecule has 0 saturated heterocycles. The maximum atomic E-state index is 13.3. The Balaban J connectivity index is 2.29. The molecule has 6 nitrogen and oxygen atoms in total. The molecule has 188 valence electrons. The lowest BCUT2D eigenvalue weighted by atomic mass is 9.92. The summed E-state index contributed by atoms with van der Waals surface area (Å²) in [5, 5.41) is 7.88. The molecule has 1 aromatic heterocycles. The zero-order chi connectivity index (χ0) is 25.3. The Labute approximate surface area is 206 Å². The number of nitrogens with one attached hydrogen (secondary N) is 1. The highest BCUT2D eigenvalue weighted by Crippen LogP contribution is 2.27. The van der Waals surface area contributed by atoms with E-state index in [1.165, 1.54) is 0 Å². The SMILES string of the molecule is CCCCC(CC)C(=O)N(CCCC)CC(=O)Nc1cc(C(C)(C)C)nn1-c1ccccc1C. The molecule has 2 amide bonds. The molecule has 2 aromatic rings. The smallest absolute Gasteiger partial charge is 0.245 e. The van der Waals surface area contributed by atoms with Gasteiger partial charge in [0.2, 0.25) is 11.8 Å². The van der Waals surface area contributed by atoms with Gasteiger partial charge in [0.25, 0.3) is 0 Å². The first-order chi connectivity index (χ1) is 16.1. The van der Waals surface area contributed by atoms with Crippen LogP contribution in [0.4, 0.5) is 5.82 Å². The molecule has 1 N–H and O–H groups in total. The van der Waals surface area contributed by atoms with Crippen LogP contribution < -0.4 is 5.32 Å². The van der Waals surface area contributed by atoms with Crippen molar-refractivity contribution < 1.29 is 9.59 Å². The Hall–Kier alpha value is -2.63. The molecule has 1 unspecified atom stereocenters. The number of carbonyl (C=O) groups is 2. The van der Waals surface area contributed by atoms with Crippen molar-refractivity contribution in [3.63, 3.8) is 0 Å². The van der Waals surface area contributed by atoms with Gasteiger partial charge in [0.1, 0.15) is 5.82 Å². The number of aromatic nitrogens is 2. The summed E-state index contributed by atoms with van der Waals surface area (Å²) < 4.78 is 1.81. The molecule has 1 heterocycles. The quantitative estimate of drug-likeness (QED) is 0.400. The summed E-state index contributed by atoms with van der Waals surface area (Å²) in [5.74, 6) is 0.520. The number of anilines is 1. The third-order valence-corrected chi connectivity index (χ3v) is 6.26. The highest BCUT2D eigenvalue weighted by molar-refractivity contribution is 5.94. The predicted molar refractivity (Wildman–Crippen MR) is 140 cm³/mol. The molecule has 0 aliphatic heterocycles. The molecule has 1 aromatic carbocycles. The minimum atomic E-state index is -0.190. The third kappa shape index (κ3) is 7.44. The lowest BCUT2D eigenvalue weighted by Gasteiger charge is -2.26. The van der Waals surface area contributed by atoms with Crippen LogP contribution in [0.2, 0.25) is 0 Å². The van der Waals surface area contributed by atoms with Crippen LogP contribution in [0.5, 0.6) is 0 Å². The number of hydrogen-bond acceptors (Lipinski definition) is 3. The summed E-state index contributed by atoms with van der Waals surface area (Å²) >= 11 is 0. The van der Waals surface area contributed by atoms with Crippen LogP contribution in [0.3, 0.4) is 0 Å². The number of rotatable bonds is 12. The molecule has 0 fully saturated rings. The van der Waals surface area contributed by atoms with Gasteiger partial charge >= 0.3 is 0 Å².